The SMILES string of the molecule is CN1C(=O)N(C)C(CCl)c2ccccc21. The first-order valence-electron chi connectivity index (χ1n) is 4.82. The summed E-state index contributed by atoms with van der Waals surface area (Å²) in [7, 11) is 3.56. The summed E-state index contributed by atoms with van der Waals surface area (Å²) in [6.45, 7) is 0. The topological polar surface area (TPSA) is 23.6 Å². The number of hydrogen-bond donors (Lipinski definition) is 0. The maximum absolute atomic E-state index is 11.9. The maximum Gasteiger partial charge on any atom is 0.324 e. The first kappa shape index (κ1) is 10.3. The highest BCUT2D eigenvalue weighted by Crippen LogP contribution is 2.35. The third kappa shape index (κ3) is 1.47. The Balaban J connectivity index is 2.54. The van der Waals surface area contributed by atoms with Crippen LogP contribution < -0.4 is 4.90 Å². The molecular formula is C11H13ClN2O. The number of nitrogens with zero attached hydrogens (tertiary/aromatic N) is 2. The molecule has 2 amide bonds. The maximum atomic E-state index is 11.9. The second-order valence-corrected chi connectivity index (χ2v) is 3.99. The first-order valence-corrected chi connectivity index (χ1v) is 5.35. The van der Waals surface area contributed by atoms with Gasteiger partial charge in [0, 0.05) is 20.0 Å². The summed E-state index contributed by atoms with van der Waals surface area (Å²) in [5.74, 6) is 0.424. The van der Waals surface area contributed by atoms with Gasteiger partial charge < -0.3 is 4.90 Å². The zero-order valence-corrected chi connectivity index (χ0v) is 9.53. The molecule has 80 valence electrons. The standard InChI is InChI=1S/C11H13ClN2O/c1-13-9-6-4-3-5-8(9)10(7-12)14(2)11(13)15/h3-6,10H,7H2,1-2H3. The molecule has 4 heteroatoms. The Bertz CT molecular complexity index is 394. The highest BCUT2D eigenvalue weighted by atomic mass is 35.5. The molecule has 0 fully saturated rings. The zero-order valence-electron chi connectivity index (χ0n) is 8.77. The molecule has 1 aliphatic rings. The fourth-order valence-electron chi connectivity index (χ4n) is 1.94. The van der Waals surface area contributed by atoms with E-state index in [1.54, 1.807) is 23.9 Å². The van der Waals surface area contributed by atoms with Crippen molar-refractivity contribution in [2.24, 2.45) is 0 Å². The van der Waals surface area contributed by atoms with E-state index in [0.29, 0.717) is 5.88 Å². The molecule has 0 N–H and O–H groups in total. The zero-order chi connectivity index (χ0) is 11.0. The van der Waals surface area contributed by atoms with Gasteiger partial charge in [-0.05, 0) is 11.6 Å². The van der Waals surface area contributed by atoms with E-state index < -0.39 is 0 Å². The molecule has 0 spiro atoms. The summed E-state index contributed by atoms with van der Waals surface area (Å²) in [6.07, 6.45) is 0. The van der Waals surface area contributed by atoms with Gasteiger partial charge in [0.25, 0.3) is 0 Å². The van der Waals surface area contributed by atoms with Gasteiger partial charge in [0.2, 0.25) is 0 Å². The predicted molar refractivity (Wildman–Crippen MR) is 61.5 cm³/mol. The van der Waals surface area contributed by atoms with Crippen molar-refractivity contribution in [1.82, 2.24) is 4.90 Å². The van der Waals surface area contributed by atoms with Crippen molar-refractivity contribution in [2.75, 3.05) is 24.9 Å². The number of carbonyl (C=O) groups excluding carboxylic acids is 1. The molecule has 2 rings (SSSR count). The molecule has 1 aromatic rings. The van der Waals surface area contributed by atoms with Crippen LogP contribution in [0.3, 0.4) is 0 Å². The van der Waals surface area contributed by atoms with Gasteiger partial charge >= 0.3 is 6.03 Å². The molecule has 1 heterocycles. The Morgan fingerprint density at radius 2 is 2.00 bits per heavy atom. The highest BCUT2D eigenvalue weighted by molar-refractivity contribution is 6.18. The van der Waals surface area contributed by atoms with E-state index in [9.17, 15) is 4.79 Å². The van der Waals surface area contributed by atoms with Gasteiger partial charge in [-0.3, -0.25) is 4.90 Å². The number of para-hydroxylation sites is 1. The van der Waals surface area contributed by atoms with E-state index in [4.69, 9.17) is 11.6 Å². The number of rotatable bonds is 1. The van der Waals surface area contributed by atoms with E-state index in [1.165, 1.54) is 0 Å². The number of halogens is 1. The third-order valence-corrected chi connectivity index (χ3v) is 3.15. The summed E-state index contributed by atoms with van der Waals surface area (Å²) in [5.41, 5.74) is 2.06. The fraction of sp³-hybridized carbons (Fsp3) is 0.364. The van der Waals surface area contributed by atoms with Crippen LogP contribution in [0.4, 0.5) is 10.5 Å². The molecule has 0 saturated heterocycles. The van der Waals surface area contributed by atoms with Crippen LogP contribution in [0.5, 0.6) is 0 Å². The molecule has 1 atom stereocenters. The van der Waals surface area contributed by atoms with Gasteiger partial charge in [-0.25, -0.2) is 4.79 Å². The van der Waals surface area contributed by atoms with E-state index in [2.05, 4.69) is 0 Å². The van der Waals surface area contributed by atoms with Gasteiger partial charge in [-0.1, -0.05) is 18.2 Å². The lowest BCUT2D eigenvalue weighted by Gasteiger charge is -2.38. The number of urea groups is 1. The van der Waals surface area contributed by atoms with Crippen molar-refractivity contribution in [2.45, 2.75) is 6.04 Å². The predicted octanol–water partition coefficient (Wildman–Crippen LogP) is 2.47. The molecule has 0 saturated carbocycles. The van der Waals surface area contributed by atoms with Crippen molar-refractivity contribution in [3.63, 3.8) is 0 Å². The van der Waals surface area contributed by atoms with Crippen LogP contribution in [-0.2, 0) is 0 Å². The smallest absolute Gasteiger partial charge is 0.319 e. The van der Waals surface area contributed by atoms with Crippen LogP contribution in [-0.4, -0.2) is 30.9 Å². The second-order valence-electron chi connectivity index (χ2n) is 3.68. The number of amides is 2. The Morgan fingerprint density at radius 3 is 2.67 bits per heavy atom. The van der Waals surface area contributed by atoms with E-state index >= 15 is 0 Å². The molecule has 1 aromatic carbocycles. The number of benzene rings is 1. The summed E-state index contributed by atoms with van der Waals surface area (Å²) < 4.78 is 0. The number of carbonyl (C=O) groups is 1. The normalized spacial score (nSPS) is 20.5. The van der Waals surface area contributed by atoms with Crippen molar-refractivity contribution >= 4 is 23.3 Å². The summed E-state index contributed by atoms with van der Waals surface area (Å²) >= 11 is 5.90. The molecular weight excluding hydrogens is 212 g/mol. The van der Waals surface area contributed by atoms with Crippen LogP contribution in [0, 0.1) is 0 Å². The fourth-order valence-corrected chi connectivity index (χ4v) is 2.32. The average Bonchev–Trinajstić information content (AvgIpc) is 2.27. The van der Waals surface area contributed by atoms with E-state index in [0.717, 1.165) is 11.3 Å². The average molecular weight is 225 g/mol. The minimum Gasteiger partial charge on any atom is -0.319 e. The van der Waals surface area contributed by atoms with Crippen LogP contribution >= 0.6 is 11.6 Å². The lowest BCUT2D eigenvalue weighted by atomic mass is 10.0. The molecule has 0 bridgehead atoms. The quantitative estimate of drug-likeness (QED) is 0.673. The number of fused-ring (bicyclic) bond motifs is 1. The van der Waals surface area contributed by atoms with Crippen LogP contribution in [0.25, 0.3) is 0 Å². The number of anilines is 1. The number of alkyl halides is 1. The molecule has 1 aliphatic heterocycles. The molecule has 3 nitrogen and oxygen atoms in total. The van der Waals surface area contributed by atoms with Crippen molar-refractivity contribution in [1.29, 1.82) is 0 Å². The lowest BCUT2D eigenvalue weighted by molar-refractivity contribution is 0.199. The molecule has 0 aromatic heterocycles. The Morgan fingerprint density at radius 1 is 1.33 bits per heavy atom. The van der Waals surface area contributed by atoms with Gasteiger partial charge in [0.15, 0.2) is 0 Å². The highest BCUT2D eigenvalue weighted by Gasteiger charge is 2.32. The van der Waals surface area contributed by atoms with Crippen LogP contribution in [0.2, 0.25) is 0 Å². The molecule has 15 heavy (non-hydrogen) atoms. The molecule has 0 radical (unpaired) electrons. The van der Waals surface area contributed by atoms with Crippen LogP contribution in [0.15, 0.2) is 24.3 Å². The van der Waals surface area contributed by atoms with Gasteiger partial charge in [0.05, 0.1) is 11.7 Å². The second kappa shape index (κ2) is 3.74. The van der Waals surface area contributed by atoms with Gasteiger partial charge in [-0.2, -0.15) is 0 Å². The Kier molecular flexibility index (Phi) is 2.57. The number of hydrogen-bond acceptors (Lipinski definition) is 1. The molecule has 1 unspecified atom stereocenters. The first-order chi connectivity index (χ1) is 7.16. The van der Waals surface area contributed by atoms with Gasteiger partial charge in [-0.15, -0.1) is 11.6 Å². The van der Waals surface area contributed by atoms with E-state index in [1.807, 2.05) is 24.3 Å². The van der Waals surface area contributed by atoms with Crippen LogP contribution in [0.1, 0.15) is 11.6 Å². The minimum absolute atomic E-state index is 0.0145. The summed E-state index contributed by atoms with van der Waals surface area (Å²) in [6, 6.07) is 7.82. The summed E-state index contributed by atoms with van der Waals surface area (Å²) in [4.78, 5) is 15.2. The monoisotopic (exact) mass is 224 g/mol. The largest absolute Gasteiger partial charge is 0.324 e. The third-order valence-electron chi connectivity index (χ3n) is 2.86. The lowest BCUT2D eigenvalue weighted by Crippen LogP contribution is -2.46. The van der Waals surface area contributed by atoms with Crippen molar-refractivity contribution in [3.05, 3.63) is 29.8 Å². The van der Waals surface area contributed by atoms with E-state index in [-0.39, 0.29) is 12.1 Å². The Hall–Kier alpha value is -1.22. The summed E-state index contributed by atoms with van der Waals surface area (Å²) in [5, 5.41) is 0. The molecule has 0 aliphatic carbocycles. The van der Waals surface area contributed by atoms with Crippen molar-refractivity contribution < 1.29 is 4.79 Å². The van der Waals surface area contributed by atoms with Gasteiger partial charge in [0.1, 0.15) is 0 Å². The Labute approximate surface area is 94.2 Å². The van der Waals surface area contributed by atoms with Crippen molar-refractivity contribution in [3.8, 4) is 0 Å². The minimum atomic E-state index is -0.0217.